The number of amides is 6. The quantitative estimate of drug-likeness (QED) is 0.0169. The van der Waals surface area contributed by atoms with Crippen LogP contribution >= 0.6 is 0 Å². The third-order valence-electron chi connectivity index (χ3n) is 26.9. The van der Waals surface area contributed by atoms with E-state index in [1.54, 1.807) is 0 Å². The van der Waals surface area contributed by atoms with E-state index in [9.17, 15) is 47.9 Å². The minimum absolute atomic E-state index is 0.0240. The maximum Gasteiger partial charge on any atom is 0.407 e. The van der Waals surface area contributed by atoms with Crippen LogP contribution in [0.4, 0.5) is 9.59 Å². The second-order valence-electron chi connectivity index (χ2n) is 42.3. The molecule has 0 aromatic carbocycles. The number of ether oxygens (including phenoxy) is 5. The molecule has 0 aliphatic carbocycles. The van der Waals surface area contributed by atoms with Gasteiger partial charge in [0, 0.05) is 130 Å². The number of nitrogens with zero attached hydrogens (tertiary/aromatic N) is 2. The van der Waals surface area contributed by atoms with Crippen molar-refractivity contribution in [3.05, 3.63) is 0 Å². The summed E-state index contributed by atoms with van der Waals surface area (Å²) in [6, 6.07) is 0. The van der Waals surface area contributed by atoms with Gasteiger partial charge >= 0.3 is 36.1 Å². The summed E-state index contributed by atoms with van der Waals surface area (Å²) in [5, 5.41) is 26.7. The molecule has 0 unspecified atom stereocenters. The standard InChI is InChI=1S/C58H112N4O8.C57H110N4O8/c1-8-12-16-27-35-51(36-28-17-13-9-2)49-68-55(65)39-31-23-20-21-25-33-43-59-53(63)41-46-62(48-45-61-57(67)70-58(5,6)7)47-42-54(64)60-44-34-26-22-24-32-40-56(66)69-50-52(37-29-18-14-10-3)38-30-19-15-11-4;1-7-11-15-25-33-50(34-26-16-12-8-2)39-42-57(5,6)69-56(67)60-45-48-61(46-40-52(62)58-43-31-23-19-21-29-37-54(64)65)47-41-53(63)59-44-32-24-20-22-30-38-55(66)68-49-51(35-27-17-13-9-3)36-28-18-14-10-4/h51-52H,8-50H2,1-7H3,(H,59,63)(H,60,64)(H,61,67);50-51H,7-49H2,1-6H3,(H,58,62)(H,59,63)(H,60,67)(H,64,65). The summed E-state index contributed by atoms with van der Waals surface area (Å²) in [5.41, 5.74) is -1.18. The maximum atomic E-state index is 13.0. The van der Waals surface area contributed by atoms with E-state index in [-0.39, 0.29) is 54.4 Å². The number of carbonyl (C=O) groups is 10. The second kappa shape index (κ2) is 99.6. The third kappa shape index (κ3) is 99.4. The fourth-order valence-corrected chi connectivity index (χ4v) is 17.8. The smallest absolute Gasteiger partial charge is 0.407 e. The van der Waals surface area contributed by atoms with Crippen molar-refractivity contribution in [1.29, 1.82) is 0 Å². The predicted octanol–water partition coefficient (Wildman–Crippen LogP) is 28.1. The molecule has 24 heteroatoms. The number of alkyl carbamates (subject to hydrolysis) is 2. The van der Waals surface area contributed by atoms with Crippen molar-refractivity contribution in [1.82, 2.24) is 41.7 Å². The Morgan fingerprint density at radius 3 is 0.705 bits per heavy atom. The van der Waals surface area contributed by atoms with Gasteiger partial charge < -0.3 is 70.5 Å². The average Bonchev–Trinajstić information content (AvgIpc) is 0.896. The normalized spacial score (nSPS) is 11.6. The number of rotatable bonds is 101. The number of carbonyl (C=O) groups excluding carboxylic acids is 9. The molecule has 0 rings (SSSR count). The van der Waals surface area contributed by atoms with Crippen LogP contribution in [0.1, 0.15) is 546 Å². The summed E-state index contributed by atoms with van der Waals surface area (Å²) in [5.74, 6) is 1.03. The third-order valence-corrected chi connectivity index (χ3v) is 26.9. The fourth-order valence-electron chi connectivity index (χ4n) is 17.8. The first-order valence-electron chi connectivity index (χ1n) is 58.3. The van der Waals surface area contributed by atoms with Crippen molar-refractivity contribution in [2.75, 3.05) is 98.4 Å². The molecular formula is C115H222N8O16. The van der Waals surface area contributed by atoms with Gasteiger partial charge in [0.1, 0.15) is 11.2 Å². The van der Waals surface area contributed by atoms with Crippen molar-refractivity contribution in [2.24, 2.45) is 23.7 Å². The van der Waals surface area contributed by atoms with Crippen LogP contribution in [0.5, 0.6) is 0 Å². The lowest BCUT2D eigenvalue weighted by Crippen LogP contribution is -2.41. The van der Waals surface area contributed by atoms with Gasteiger partial charge in [-0.1, -0.05) is 357 Å². The number of hydrogen-bond acceptors (Lipinski definition) is 17. The number of hydrogen-bond donors (Lipinski definition) is 7. The molecule has 0 saturated heterocycles. The van der Waals surface area contributed by atoms with Crippen molar-refractivity contribution < 1.29 is 76.7 Å². The molecule has 0 bridgehead atoms. The number of aliphatic carboxylic acids is 1. The van der Waals surface area contributed by atoms with E-state index in [1.165, 1.54) is 231 Å². The highest BCUT2D eigenvalue weighted by molar-refractivity contribution is 5.78. The molecule has 0 radical (unpaired) electrons. The molecule has 0 aliphatic heterocycles. The maximum absolute atomic E-state index is 13.0. The predicted molar refractivity (Wildman–Crippen MR) is 575 cm³/mol. The largest absolute Gasteiger partial charge is 0.481 e. The van der Waals surface area contributed by atoms with Crippen LogP contribution in [0.3, 0.4) is 0 Å². The van der Waals surface area contributed by atoms with Gasteiger partial charge in [-0.15, -0.1) is 0 Å². The van der Waals surface area contributed by atoms with E-state index >= 15 is 0 Å². The zero-order chi connectivity index (χ0) is 103. The van der Waals surface area contributed by atoms with Crippen molar-refractivity contribution >= 4 is 59.7 Å². The first-order valence-corrected chi connectivity index (χ1v) is 58.3. The molecule has 0 spiro atoms. The Morgan fingerprint density at radius 1 is 0.237 bits per heavy atom. The summed E-state index contributed by atoms with van der Waals surface area (Å²) in [4.78, 5) is 129. The van der Waals surface area contributed by atoms with E-state index in [0.717, 1.165) is 167 Å². The molecule has 0 saturated carbocycles. The lowest BCUT2D eigenvalue weighted by Gasteiger charge is -2.28. The van der Waals surface area contributed by atoms with Gasteiger partial charge in [0.25, 0.3) is 0 Å². The number of unbranched alkanes of at least 4 members (excludes halogenated alkanes) is 41. The van der Waals surface area contributed by atoms with Gasteiger partial charge in [0.05, 0.1) is 19.8 Å². The molecule has 0 fully saturated rings. The summed E-state index contributed by atoms with van der Waals surface area (Å²) in [6.07, 6.45) is 73.0. The highest BCUT2D eigenvalue weighted by atomic mass is 16.6. The Labute approximate surface area is 852 Å². The molecule has 139 heavy (non-hydrogen) atoms. The summed E-state index contributed by atoms with van der Waals surface area (Å²) in [7, 11) is 0. The van der Waals surface area contributed by atoms with Crippen molar-refractivity contribution in [2.45, 2.75) is 557 Å². The average molecular weight is 1970 g/mol. The van der Waals surface area contributed by atoms with Crippen LogP contribution in [-0.2, 0) is 62.0 Å². The van der Waals surface area contributed by atoms with Crippen LogP contribution in [-0.4, -0.2) is 184 Å². The zero-order valence-corrected chi connectivity index (χ0v) is 92.6. The molecule has 818 valence electrons. The van der Waals surface area contributed by atoms with Crippen molar-refractivity contribution in [3.8, 4) is 0 Å². The molecule has 0 atom stereocenters. The topological polar surface area (TPSA) is 316 Å². The molecular weight excluding hydrogens is 1750 g/mol. The Morgan fingerprint density at radius 2 is 0.460 bits per heavy atom. The van der Waals surface area contributed by atoms with Crippen LogP contribution in [0.25, 0.3) is 0 Å². The minimum atomic E-state index is -0.763. The molecule has 0 heterocycles. The second-order valence-corrected chi connectivity index (χ2v) is 42.3. The van der Waals surface area contributed by atoms with Crippen LogP contribution < -0.4 is 31.9 Å². The number of carboxylic acids is 1. The van der Waals surface area contributed by atoms with Gasteiger partial charge in [0.2, 0.25) is 23.6 Å². The van der Waals surface area contributed by atoms with Gasteiger partial charge in [-0.3, -0.25) is 38.4 Å². The Kier molecular flexibility index (Phi) is 96.9. The minimum Gasteiger partial charge on any atom is -0.481 e. The molecule has 0 aromatic heterocycles. The Bertz CT molecular complexity index is 2840. The van der Waals surface area contributed by atoms with E-state index in [0.29, 0.717) is 167 Å². The van der Waals surface area contributed by atoms with E-state index in [1.807, 2.05) is 39.5 Å². The highest BCUT2D eigenvalue weighted by Gasteiger charge is 2.26. The summed E-state index contributed by atoms with van der Waals surface area (Å²) >= 11 is 0. The van der Waals surface area contributed by atoms with E-state index in [4.69, 9.17) is 28.8 Å². The molecule has 0 aliphatic rings. The fraction of sp³-hybridized carbons (Fsp3) is 0.913. The Hall–Kier alpha value is -5.78. The molecule has 24 nitrogen and oxygen atoms in total. The number of nitrogens with one attached hydrogen (secondary N) is 6. The van der Waals surface area contributed by atoms with Crippen LogP contribution in [0.15, 0.2) is 0 Å². The molecule has 7 N–H and O–H groups in total. The van der Waals surface area contributed by atoms with Gasteiger partial charge in [-0.05, 0) is 161 Å². The Balaban J connectivity index is 0. The van der Waals surface area contributed by atoms with Gasteiger partial charge in [-0.25, -0.2) is 9.59 Å². The number of carboxylic acid groups (broad SMARTS) is 1. The molecule has 0 aromatic rings. The number of esters is 3. The van der Waals surface area contributed by atoms with Crippen molar-refractivity contribution in [3.63, 3.8) is 0 Å². The van der Waals surface area contributed by atoms with E-state index < -0.39 is 29.4 Å². The molecule has 6 amide bonds. The van der Waals surface area contributed by atoms with Crippen LogP contribution in [0.2, 0.25) is 0 Å². The highest BCUT2D eigenvalue weighted by Crippen LogP contribution is 2.30. The zero-order valence-electron chi connectivity index (χ0n) is 92.6. The van der Waals surface area contributed by atoms with Gasteiger partial charge in [0.15, 0.2) is 0 Å². The lowest BCUT2D eigenvalue weighted by atomic mass is 9.87. The lowest BCUT2D eigenvalue weighted by molar-refractivity contribution is -0.146. The summed E-state index contributed by atoms with van der Waals surface area (Å²) < 4.78 is 28.5. The first kappa shape index (κ1) is 135. The monoisotopic (exact) mass is 1970 g/mol. The van der Waals surface area contributed by atoms with E-state index in [2.05, 4.69) is 92.2 Å². The summed E-state index contributed by atoms with van der Waals surface area (Å²) in [6.45, 7) is 35.0. The SMILES string of the molecule is CCCCCCC(CCCCCC)CCC(C)(C)OC(=O)NCCN(CCC(=O)NCCCCCCCC(=O)O)CCC(=O)NCCCCCCCC(=O)OCC(CCCCCC)CCCCCC.CCCCCCC(CCCCCC)COC(=O)CCCCCCCCNC(=O)CCN(CCNC(=O)OC(C)(C)C)CCC(=O)NCCCCCCCC(=O)OCC(CCCCCC)CCCCCC. The van der Waals surface area contributed by atoms with Crippen LogP contribution in [0, 0.1) is 23.7 Å². The first-order chi connectivity index (χ1) is 67.2. The van der Waals surface area contributed by atoms with Gasteiger partial charge in [-0.2, -0.15) is 0 Å².